The van der Waals surface area contributed by atoms with Crippen molar-refractivity contribution in [1.29, 1.82) is 0 Å². The van der Waals surface area contributed by atoms with Crippen LogP contribution in [-0.4, -0.2) is 59.9 Å². The van der Waals surface area contributed by atoms with Gasteiger partial charge in [0.2, 0.25) is 5.91 Å². The van der Waals surface area contributed by atoms with E-state index < -0.39 is 29.7 Å². The molecule has 2 atom stereocenters. The molecule has 2 aromatic rings. The molecule has 1 fully saturated rings. The number of carbonyl (C=O) groups is 4. The van der Waals surface area contributed by atoms with Crippen molar-refractivity contribution in [2.24, 2.45) is 11.8 Å². The van der Waals surface area contributed by atoms with Gasteiger partial charge in [-0.3, -0.25) is 24.6 Å². The zero-order valence-electron chi connectivity index (χ0n) is 20.5. The molecule has 1 saturated heterocycles. The first-order valence-corrected chi connectivity index (χ1v) is 11.7. The lowest BCUT2D eigenvalue weighted by Gasteiger charge is -2.27. The van der Waals surface area contributed by atoms with E-state index in [-0.39, 0.29) is 24.1 Å². The van der Waals surface area contributed by atoms with Crippen molar-refractivity contribution in [1.82, 2.24) is 26.1 Å². The molecular weight excluding hydrogens is 450 g/mol. The zero-order chi connectivity index (χ0) is 25.5. The van der Waals surface area contributed by atoms with Gasteiger partial charge in [-0.2, -0.15) is 0 Å². The van der Waals surface area contributed by atoms with Crippen molar-refractivity contribution in [2.75, 3.05) is 20.2 Å². The first-order chi connectivity index (χ1) is 16.7. The maximum atomic E-state index is 13.2. The number of H-pyrrole nitrogens is 1. The molecule has 10 heteroatoms. The van der Waals surface area contributed by atoms with E-state index in [0.29, 0.717) is 25.1 Å². The van der Waals surface area contributed by atoms with E-state index in [1.54, 1.807) is 32.2 Å². The van der Waals surface area contributed by atoms with E-state index in [1.165, 1.54) is 6.08 Å². The van der Waals surface area contributed by atoms with Crippen LogP contribution in [0.5, 0.6) is 5.75 Å². The number of fused-ring (bicyclic) bond motifs is 1. The van der Waals surface area contributed by atoms with Gasteiger partial charge in [-0.05, 0) is 43.9 Å². The topological polar surface area (TPSA) is 133 Å². The summed E-state index contributed by atoms with van der Waals surface area (Å²) in [5.41, 5.74) is 3.65. The fourth-order valence-corrected chi connectivity index (χ4v) is 4.04. The Balaban J connectivity index is 1.77. The highest BCUT2D eigenvalue weighted by Crippen LogP contribution is 2.26. The quantitative estimate of drug-likeness (QED) is 0.319. The van der Waals surface area contributed by atoms with E-state index >= 15 is 0 Å². The second kappa shape index (κ2) is 11.5. The van der Waals surface area contributed by atoms with Crippen molar-refractivity contribution in [3.8, 4) is 5.75 Å². The number of nitrogens with one attached hydrogen (secondary N) is 4. The second-order valence-electron chi connectivity index (χ2n) is 8.96. The third-order valence-corrected chi connectivity index (χ3v) is 5.80. The van der Waals surface area contributed by atoms with Gasteiger partial charge in [-0.1, -0.05) is 26.0 Å². The van der Waals surface area contributed by atoms with E-state index in [1.807, 2.05) is 26.0 Å². The molecule has 35 heavy (non-hydrogen) atoms. The molecule has 0 saturated carbocycles. The van der Waals surface area contributed by atoms with Gasteiger partial charge in [0, 0.05) is 23.5 Å². The average Bonchev–Trinajstić information content (AvgIpc) is 3.43. The minimum atomic E-state index is -0.894. The fourth-order valence-electron chi connectivity index (χ4n) is 4.04. The Morgan fingerprint density at radius 1 is 1.29 bits per heavy atom. The Morgan fingerprint density at radius 2 is 2.06 bits per heavy atom. The van der Waals surface area contributed by atoms with Crippen LogP contribution in [-0.2, 0) is 14.4 Å². The number of aromatic amines is 1. The molecule has 1 aromatic carbocycles. The van der Waals surface area contributed by atoms with Gasteiger partial charge in [0.05, 0.1) is 19.6 Å². The van der Waals surface area contributed by atoms with Crippen molar-refractivity contribution in [3.63, 3.8) is 0 Å². The molecule has 0 bridgehead atoms. The molecule has 2 heterocycles. The number of carbonyl (C=O) groups excluding carboxylic acids is 4. The van der Waals surface area contributed by atoms with Crippen LogP contribution < -0.4 is 20.8 Å². The molecule has 4 N–H and O–H groups in total. The number of hydrogen-bond acceptors (Lipinski definition) is 5. The Labute approximate surface area is 204 Å². The maximum Gasteiger partial charge on any atom is 0.268 e. The molecule has 4 amide bonds. The molecular formula is C25H33N5O5. The van der Waals surface area contributed by atoms with Crippen LogP contribution in [0.2, 0.25) is 0 Å². The Morgan fingerprint density at radius 3 is 2.69 bits per heavy atom. The summed E-state index contributed by atoms with van der Waals surface area (Å²) in [6, 6.07) is 6.23. The standard InChI is InChI=1S/C25H33N5O5/c1-5-7-22(31)30(14-16-10-11-26-23(16)32)29-25(34)19(12-15(2)3)28-24(33)20-13-17-18(27-20)8-6-9-21(17)35-4/h5-9,13,15-16,19,27H,10-12,14H2,1-4H3,(H,26,32)(H,28,33)(H,29,34)/b7-5+/t16-,19-/m0/s1. The predicted molar refractivity (Wildman–Crippen MR) is 131 cm³/mol. The summed E-state index contributed by atoms with van der Waals surface area (Å²) < 4.78 is 5.35. The number of hydrogen-bond donors (Lipinski definition) is 4. The molecule has 0 spiro atoms. The summed E-state index contributed by atoms with van der Waals surface area (Å²) in [6.45, 7) is 6.14. The molecule has 10 nitrogen and oxygen atoms in total. The van der Waals surface area contributed by atoms with Crippen LogP contribution in [0.25, 0.3) is 10.9 Å². The fraction of sp³-hybridized carbons (Fsp3) is 0.440. The number of hydrazine groups is 1. The first-order valence-electron chi connectivity index (χ1n) is 11.7. The summed E-state index contributed by atoms with van der Waals surface area (Å²) in [6.07, 6.45) is 3.82. The third kappa shape index (κ3) is 6.40. The van der Waals surface area contributed by atoms with Gasteiger partial charge in [-0.25, -0.2) is 5.01 Å². The SMILES string of the molecule is C/C=C/C(=O)N(C[C@@H]1CCNC1=O)NC(=O)[C@H](CC(C)C)NC(=O)c1cc2c(OC)cccc2[nH]1. The van der Waals surface area contributed by atoms with Gasteiger partial charge in [0.1, 0.15) is 17.5 Å². The molecule has 1 aliphatic heterocycles. The van der Waals surface area contributed by atoms with Crippen LogP contribution in [0, 0.1) is 11.8 Å². The number of aromatic nitrogens is 1. The molecule has 0 aliphatic carbocycles. The molecule has 1 aliphatic rings. The summed E-state index contributed by atoms with van der Waals surface area (Å²) in [7, 11) is 1.56. The molecule has 3 rings (SSSR count). The molecule has 0 radical (unpaired) electrons. The second-order valence-corrected chi connectivity index (χ2v) is 8.96. The van der Waals surface area contributed by atoms with E-state index in [4.69, 9.17) is 4.74 Å². The minimum Gasteiger partial charge on any atom is -0.496 e. The van der Waals surface area contributed by atoms with Crippen LogP contribution >= 0.6 is 0 Å². The van der Waals surface area contributed by atoms with Crippen LogP contribution in [0.3, 0.4) is 0 Å². The number of ether oxygens (including phenoxy) is 1. The summed E-state index contributed by atoms with van der Waals surface area (Å²) in [5.74, 6) is -1.28. The van der Waals surface area contributed by atoms with Crippen molar-refractivity contribution in [2.45, 2.75) is 39.7 Å². The number of benzene rings is 1. The largest absolute Gasteiger partial charge is 0.496 e. The number of amides is 4. The molecule has 1 aromatic heterocycles. The van der Waals surface area contributed by atoms with Crippen molar-refractivity contribution in [3.05, 3.63) is 42.1 Å². The van der Waals surface area contributed by atoms with Crippen LogP contribution in [0.15, 0.2) is 36.4 Å². The Hall–Kier alpha value is -3.82. The Bertz CT molecular complexity index is 1120. The van der Waals surface area contributed by atoms with Gasteiger partial charge >= 0.3 is 0 Å². The first kappa shape index (κ1) is 25.8. The molecule has 0 unspecified atom stereocenters. The maximum absolute atomic E-state index is 13.2. The minimum absolute atomic E-state index is 0.0465. The summed E-state index contributed by atoms with van der Waals surface area (Å²) >= 11 is 0. The lowest BCUT2D eigenvalue weighted by Crippen LogP contribution is -2.55. The zero-order valence-corrected chi connectivity index (χ0v) is 20.5. The normalized spacial score (nSPS) is 16.4. The van der Waals surface area contributed by atoms with Crippen molar-refractivity contribution >= 4 is 34.5 Å². The van der Waals surface area contributed by atoms with Gasteiger partial charge in [0.15, 0.2) is 0 Å². The van der Waals surface area contributed by atoms with E-state index in [0.717, 1.165) is 15.9 Å². The number of methoxy groups -OCH3 is 1. The summed E-state index contributed by atoms with van der Waals surface area (Å²) in [4.78, 5) is 54.0. The highest BCUT2D eigenvalue weighted by Gasteiger charge is 2.31. The average molecular weight is 484 g/mol. The van der Waals surface area contributed by atoms with Gasteiger partial charge in [0.25, 0.3) is 17.7 Å². The van der Waals surface area contributed by atoms with Crippen LogP contribution in [0.4, 0.5) is 0 Å². The van der Waals surface area contributed by atoms with E-state index in [9.17, 15) is 19.2 Å². The van der Waals surface area contributed by atoms with E-state index in [2.05, 4.69) is 21.0 Å². The smallest absolute Gasteiger partial charge is 0.268 e. The number of rotatable bonds is 9. The third-order valence-electron chi connectivity index (χ3n) is 5.80. The lowest BCUT2D eigenvalue weighted by molar-refractivity contribution is -0.140. The highest BCUT2D eigenvalue weighted by atomic mass is 16.5. The van der Waals surface area contributed by atoms with Gasteiger partial charge < -0.3 is 20.4 Å². The number of nitrogens with zero attached hydrogens (tertiary/aromatic N) is 1. The lowest BCUT2D eigenvalue weighted by atomic mass is 10.0. The van der Waals surface area contributed by atoms with Crippen molar-refractivity contribution < 1.29 is 23.9 Å². The highest BCUT2D eigenvalue weighted by molar-refractivity contribution is 6.01. The van der Waals surface area contributed by atoms with Crippen LogP contribution in [0.1, 0.15) is 44.1 Å². The Kier molecular flexibility index (Phi) is 8.51. The van der Waals surface area contributed by atoms with Gasteiger partial charge in [-0.15, -0.1) is 0 Å². The molecule has 188 valence electrons. The monoisotopic (exact) mass is 483 g/mol. The predicted octanol–water partition coefficient (Wildman–Crippen LogP) is 1.89. The number of allylic oxidation sites excluding steroid dienone is 1. The summed E-state index contributed by atoms with van der Waals surface area (Å²) in [5, 5.41) is 7.41.